The summed E-state index contributed by atoms with van der Waals surface area (Å²) < 4.78 is 12.9. The summed E-state index contributed by atoms with van der Waals surface area (Å²) in [6.07, 6.45) is 6.97. The zero-order valence-corrected chi connectivity index (χ0v) is 15.5. The number of hydrogen-bond acceptors (Lipinski definition) is 3. The van der Waals surface area contributed by atoms with Gasteiger partial charge in [-0.3, -0.25) is 0 Å². The van der Waals surface area contributed by atoms with Crippen LogP contribution in [0.2, 0.25) is 0 Å². The fourth-order valence-corrected chi connectivity index (χ4v) is 4.13. The van der Waals surface area contributed by atoms with E-state index in [0.29, 0.717) is 0 Å². The standard InChI is InChI=1S/C23H29NO2/c1-3-11-21(12-4-1)23(15-14-20-10-5-6-13-22(20)26-23)25-19-9-18-24-16-7-2-8-17-24/h1,3-6,10-13H,2,7-9,14-19H2. The fourth-order valence-electron chi connectivity index (χ4n) is 4.13. The van der Waals surface area contributed by atoms with E-state index in [2.05, 4.69) is 47.4 Å². The average Bonchev–Trinajstić information content (AvgIpc) is 2.72. The van der Waals surface area contributed by atoms with Crippen molar-refractivity contribution >= 4 is 0 Å². The van der Waals surface area contributed by atoms with Gasteiger partial charge in [-0.2, -0.15) is 0 Å². The van der Waals surface area contributed by atoms with E-state index in [4.69, 9.17) is 9.47 Å². The van der Waals surface area contributed by atoms with Gasteiger partial charge in [0.1, 0.15) is 5.75 Å². The number of likely N-dealkylation sites (tertiary alicyclic amines) is 1. The minimum atomic E-state index is -0.655. The van der Waals surface area contributed by atoms with Crippen molar-refractivity contribution in [2.45, 2.75) is 44.3 Å². The van der Waals surface area contributed by atoms with Gasteiger partial charge in [0.05, 0.1) is 6.61 Å². The number of piperidine rings is 1. The zero-order valence-electron chi connectivity index (χ0n) is 15.5. The smallest absolute Gasteiger partial charge is 0.237 e. The van der Waals surface area contributed by atoms with Gasteiger partial charge in [0.2, 0.25) is 5.79 Å². The lowest BCUT2D eigenvalue weighted by Crippen LogP contribution is -2.40. The van der Waals surface area contributed by atoms with Crippen LogP contribution in [-0.2, 0) is 16.9 Å². The highest BCUT2D eigenvalue weighted by Crippen LogP contribution is 2.40. The lowest BCUT2D eigenvalue weighted by Gasteiger charge is -2.39. The van der Waals surface area contributed by atoms with E-state index in [9.17, 15) is 0 Å². The third kappa shape index (κ3) is 3.94. The number of para-hydroxylation sites is 1. The number of ether oxygens (including phenoxy) is 2. The third-order valence-corrected chi connectivity index (χ3v) is 5.59. The normalized spacial score (nSPS) is 23.2. The van der Waals surface area contributed by atoms with Gasteiger partial charge >= 0.3 is 0 Å². The van der Waals surface area contributed by atoms with Crippen LogP contribution >= 0.6 is 0 Å². The SMILES string of the molecule is c1ccc(C2(OCCCN3CCCCC3)CCc3ccccc3O2)cc1. The Morgan fingerprint density at radius 3 is 2.54 bits per heavy atom. The molecule has 1 atom stereocenters. The van der Waals surface area contributed by atoms with Crippen molar-refractivity contribution in [3.63, 3.8) is 0 Å². The van der Waals surface area contributed by atoms with E-state index >= 15 is 0 Å². The van der Waals surface area contributed by atoms with Gasteiger partial charge in [0, 0.05) is 18.5 Å². The summed E-state index contributed by atoms with van der Waals surface area (Å²) in [7, 11) is 0. The summed E-state index contributed by atoms with van der Waals surface area (Å²) in [5.41, 5.74) is 2.39. The quantitative estimate of drug-likeness (QED) is 0.701. The fraction of sp³-hybridized carbons (Fsp3) is 0.478. The summed E-state index contributed by atoms with van der Waals surface area (Å²) >= 11 is 0. The molecule has 0 spiro atoms. The van der Waals surface area contributed by atoms with Crippen molar-refractivity contribution in [3.05, 3.63) is 65.7 Å². The summed E-state index contributed by atoms with van der Waals surface area (Å²) in [6.45, 7) is 4.34. The van der Waals surface area contributed by atoms with Crippen molar-refractivity contribution in [3.8, 4) is 5.75 Å². The van der Waals surface area contributed by atoms with Crippen LogP contribution in [0.4, 0.5) is 0 Å². The molecule has 26 heavy (non-hydrogen) atoms. The Hall–Kier alpha value is -1.84. The maximum absolute atomic E-state index is 6.46. The van der Waals surface area contributed by atoms with E-state index in [-0.39, 0.29) is 0 Å². The van der Waals surface area contributed by atoms with Crippen LogP contribution in [0.25, 0.3) is 0 Å². The van der Waals surface area contributed by atoms with E-state index in [1.54, 1.807) is 0 Å². The Labute approximate surface area is 156 Å². The second kappa shape index (κ2) is 8.24. The van der Waals surface area contributed by atoms with Crippen LogP contribution in [0, 0.1) is 0 Å². The molecule has 1 unspecified atom stereocenters. The Kier molecular flexibility index (Phi) is 5.57. The van der Waals surface area contributed by atoms with Gasteiger partial charge in [-0.15, -0.1) is 0 Å². The van der Waals surface area contributed by atoms with Crippen LogP contribution in [-0.4, -0.2) is 31.1 Å². The van der Waals surface area contributed by atoms with Crippen molar-refractivity contribution in [2.75, 3.05) is 26.2 Å². The molecule has 0 bridgehead atoms. The summed E-state index contributed by atoms with van der Waals surface area (Å²) in [4.78, 5) is 2.57. The van der Waals surface area contributed by atoms with Gasteiger partial charge in [-0.05, 0) is 50.4 Å². The molecule has 2 aliphatic heterocycles. The number of rotatable bonds is 6. The van der Waals surface area contributed by atoms with Crippen molar-refractivity contribution in [1.29, 1.82) is 0 Å². The minimum Gasteiger partial charge on any atom is -0.458 e. The molecular weight excluding hydrogens is 322 g/mol. The average molecular weight is 351 g/mol. The molecule has 1 fully saturated rings. The first-order chi connectivity index (χ1) is 12.9. The van der Waals surface area contributed by atoms with E-state index in [0.717, 1.165) is 43.7 Å². The maximum atomic E-state index is 6.46. The predicted molar refractivity (Wildman–Crippen MR) is 104 cm³/mol. The second-order valence-corrected chi connectivity index (χ2v) is 7.43. The molecule has 0 aromatic heterocycles. The number of nitrogens with zero attached hydrogens (tertiary/aromatic N) is 1. The van der Waals surface area contributed by atoms with Crippen LogP contribution < -0.4 is 4.74 Å². The van der Waals surface area contributed by atoms with Gasteiger partial charge < -0.3 is 14.4 Å². The van der Waals surface area contributed by atoms with E-state index in [1.807, 2.05) is 12.1 Å². The van der Waals surface area contributed by atoms with Crippen LogP contribution in [0.5, 0.6) is 5.75 Å². The van der Waals surface area contributed by atoms with E-state index < -0.39 is 5.79 Å². The highest BCUT2D eigenvalue weighted by Gasteiger charge is 2.39. The molecule has 0 aliphatic carbocycles. The molecule has 3 heteroatoms. The molecule has 2 heterocycles. The van der Waals surface area contributed by atoms with Gasteiger partial charge in [-0.25, -0.2) is 0 Å². The van der Waals surface area contributed by atoms with Gasteiger partial charge in [-0.1, -0.05) is 55.0 Å². The minimum absolute atomic E-state index is 0.655. The molecule has 0 amide bonds. The molecule has 2 aliphatic rings. The van der Waals surface area contributed by atoms with Crippen molar-refractivity contribution in [2.24, 2.45) is 0 Å². The molecule has 138 valence electrons. The predicted octanol–water partition coefficient (Wildman–Crippen LogP) is 4.76. The molecule has 4 rings (SSSR count). The first-order valence-electron chi connectivity index (χ1n) is 10.0. The van der Waals surface area contributed by atoms with Crippen LogP contribution in [0.1, 0.15) is 43.2 Å². The molecule has 0 saturated carbocycles. The van der Waals surface area contributed by atoms with Crippen LogP contribution in [0.3, 0.4) is 0 Å². The summed E-state index contributed by atoms with van der Waals surface area (Å²) in [5.74, 6) is 0.302. The Balaban J connectivity index is 1.44. The summed E-state index contributed by atoms with van der Waals surface area (Å²) in [5, 5.41) is 0. The molecule has 0 N–H and O–H groups in total. The highest BCUT2D eigenvalue weighted by molar-refractivity contribution is 5.37. The third-order valence-electron chi connectivity index (χ3n) is 5.59. The summed E-state index contributed by atoms with van der Waals surface area (Å²) in [6, 6.07) is 18.8. The topological polar surface area (TPSA) is 21.7 Å². The molecule has 2 aromatic carbocycles. The lowest BCUT2D eigenvalue weighted by atomic mass is 9.94. The van der Waals surface area contributed by atoms with Crippen molar-refractivity contribution in [1.82, 2.24) is 4.90 Å². The molecule has 0 radical (unpaired) electrons. The zero-order chi connectivity index (χ0) is 17.7. The molecular formula is C23H29NO2. The Morgan fingerprint density at radius 1 is 0.923 bits per heavy atom. The molecule has 3 nitrogen and oxygen atoms in total. The Morgan fingerprint density at radius 2 is 1.69 bits per heavy atom. The first-order valence-corrected chi connectivity index (χ1v) is 10.0. The molecule has 1 saturated heterocycles. The van der Waals surface area contributed by atoms with Gasteiger partial charge in [0.15, 0.2) is 0 Å². The molecule has 2 aromatic rings. The monoisotopic (exact) mass is 351 g/mol. The van der Waals surface area contributed by atoms with Gasteiger partial charge in [0.25, 0.3) is 0 Å². The number of aryl methyl sites for hydroxylation is 1. The Bertz CT molecular complexity index is 696. The lowest BCUT2D eigenvalue weighted by molar-refractivity contribution is -0.203. The number of fused-ring (bicyclic) bond motifs is 1. The highest BCUT2D eigenvalue weighted by atomic mass is 16.7. The van der Waals surface area contributed by atoms with E-state index in [1.165, 1.54) is 37.9 Å². The second-order valence-electron chi connectivity index (χ2n) is 7.43. The maximum Gasteiger partial charge on any atom is 0.237 e. The first kappa shape index (κ1) is 17.6. The largest absolute Gasteiger partial charge is 0.458 e. The van der Waals surface area contributed by atoms with Crippen LogP contribution in [0.15, 0.2) is 54.6 Å². The van der Waals surface area contributed by atoms with Crippen molar-refractivity contribution < 1.29 is 9.47 Å². The number of benzene rings is 2. The number of hydrogen-bond donors (Lipinski definition) is 0.